The molecule has 2 amide bonds. The minimum Gasteiger partial charge on any atom is -0.396 e. The highest BCUT2D eigenvalue weighted by Crippen LogP contribution is 2.21. The molecule has 0 aliphatic carbocycles. The number of nitrogens with zero attached hydrogens (tertiary/aromatic N) is 2. The van der Waals surface area contributed by atoms with Crippen molar-refractivity contribution in [1.82, 2.24) is 10.3 Å². The molecule has 1 aromatic rings. The van der Waals surface area contributed by atoms with Gasteiger partial charge in [0.2, 0.25) is 5.91 Å². The Labute approximate surface area is 104 Å². The van der Waals surface area contributed by atoms with Crippen LogP contribution in [0.15, 0.2) is 12.1 Å². The Morgan fingerprint density at radius 2 is 2.22 bits per heavy atom. The summed E-state index contributed by atoms with van der Waals surface area (Å²) in [5, 5.41) is 2.76. The van der Waals surface area contributed by atoms with Crippen molar-refractivity contribution in [2.45, 2.75) is 6.42 Å². The van der Waals surface area contributed by atoms with Gasteiger partial charge in [-0.05, 0) is 18.6 Å². The molecule has 5 N–H and O–H groups in total. The Balaban J connectivity index is 2.33. The molecule has 1 fully saturated rings. The topological polar surface area (TPSA) is 114 Å². The number of carbonyl (C=O) groups is 2. The van der Waals surface area contributed by atoms with Crippen molar-refractivity contribution in [2.24, 2.45) is 5.73 Å². The first kappa shape index (κ1) is 12.2. The first-order chi connectivity index (χ1) is 8.58. The van der Waals surface area contributed by atoms with Gasteiger partial charge in [-0.25, -0.2) is 4.98 Å². The van der Waals surface area contributed by atoms with Crippen LogP contribution in [0.5, 0.6) is 0 Å². The van der Waals surface area contributed by atoms with E-state index in [1.165, 1.54) is 6.07 Å². The lowest BCUT2D eigenvalue weighted by atomic mass is 10.3. The number of nitrogens with one attached hydrogen (secondary N) is 1. The lowest BCUT2D eigenvalue weighted by Gasteiger charge is -2.21. The Morgan fingerprint density at radius 1 is 1.44 bits per heavy atom. The van der Waals surface area contributed by atoms with Crippen molar-refractivity contribution in [1.29, 1.82) is 0 Å². The van der Waals surface area contributed by atoms with Crippen molar-refractivity contribution in [2.75, 3.05) is 30.3 Å². The highest BCUT2D eigenvalue weighted by molar-refractivity contribution is 5.92. The molecule has 7 nitrogen and oxygen atoms in total. The predicted molar refractivity (Wildman–Crippen MR) is 67.0 cm³/mol. The minimum absolute atomic E-state index is 0.0850. The third kappa shape index (κ3) is 2.50. The van der Waals surface area contributed by atoms with E-state index < -0.39 is 5.91 Å². The molecule has 0 atom stereocenters. The van der Waals surface area contributed by atoms with Crippen LogP contribution >= 0.6 is 0 Å². The third-order valence-electron chi connectivity index (χ3n) is 2.72. The lowest BCUT2D eigenvalue weighted by Crippen LogP contribution is -2.34. The van der Waals surface area contributed by atoms with Gasteiger partial charge in [0.05, 0.1) is 12.2 Å². The zero-order valence-electron chi connectivity index (χ0n) is 9.85. The Morgan fingerprint density at radius 3 is 2.94 bits per heavy atom. The highest BCUT2D eigenvalue weighted by Gasteiger charge is 2.19. The SMILES string of the molecule is NC(=O)c1ccc(N)c(N2CCCNC(=O)C2)n1. The van der Waals surface area contributed by atoms with Gasteiger partial charge in [0, 0.05) is 13.1 Å². The standard InChI is InChI=1S/C11H15N5O2/c12-7-2-3-8(10(13)18)15-11(7)16-5-1-4-14-9(17)6-16/h2-3H,1,4-6,12H2,(H2,13,18)(H,14,17). The van der Waals surface area contributed by atoms with Gasteiger partial charge in [0.1, 0.15) is 5.69 Å². The zero-order chi connectivity index (χ0) is 13.1. The monoisotopic (exact) mass is 249 g/mol. The summed E-state index contributed by atoms with van der Waals surface area (Å²) in [6, 6.07) is 3.05. The van der Waals surface area contributed by atoms with Crippen LogP contribution in [0.1, 0.15) is 16.9 Å². The molecule has 0 bridgehead atoms. The molecule has 1 aliphatic heterocycles. The first-order valence-electron chi connectivity index (χ1n) is 5.66. The molecule has 1 saturated heterocycles. The van der Waals surface area contributed by atoms with Crippen LogP contribution in [0.2, 0.25) is 0 Å². The highest BCUT2D eigenvalue weighted by atomic mass is 16.2. The van der Waals surface area contributed by atoms with Gasteiger partial charge in [0.25, 0.3) is 5.91 Å². The van der Waals surface area contributed by atoms with Crippen LogP contribution < -0.4 is 21.7 Å². The van der Waals surface area contributed by atoms with Gasteiger partial charge in [0.15, 0.2) is 5.82 Å². The number of pyridine rings is 1. The van der Waals surface area contributed by atoms with E-state index in [1.807, 2.05) is 0 Å². The summed E-state index contributed by atoms with van der Waals surface area (Å²) < 4.78 is 0. The number of primary amides is 1. The molecule has 0 aromatic carbocycles. The molecule has 2 heterocycles. The van der Waals surface area contributed by atoms with E-state index >= 15 is 0 Å². The van der Waals surface area contributed by atoms with Gasteiger partial charge in [-0.2, -0.15) is 0 Å². The molecule has 96 valence electrons. The largest absolute Gasteiger partial charge is 0.396 e. The summed E-state index contributed by atoms with van der Waals surface area (Å²) in [4.78, 5) is 28.5. The van der Waals surface area contributed by atoms with Gasteiger partial charge < -0.3 is 21.7 Å². The van der Waals surface area contributed by atoms with Gasteiger partial charge in [-0.15, -0.1) is 0 Å². The van der Waals surface area contributed by atoms with Crippen LogP contribution in [0, 0.1) is 0 Å². The van der Waals surface area contributed by atoms with Crippen molar-refractivity contribution < 1.29 is 9.59 Å². The van der Waals surface area contributed by atoms with Crippen LogP contribution in [0.4, 0.5) is 11.5 Å². The molecule has 0 unspecified atom stereocenters. The molecular formula is C11H15N5O2. The summed E-state index contributed by atoms with van der Waals surface area (Å²) in [6.45, 7) is 1.46. The minimum atomic E-state index is -0.615. The number of nitrogen functional groups attached to an aromatic ring is 1. The Kier molecular flexibility index (Phi) is 3.31. The molecule has 7 heteroatoms. The number of hydrogen-bond acceptors (Lipinski definition) is 5. The van der Waals surface area contributed by atoms with Gasteiger partial charge in [-0.1, -0.05) is 0 Å². The summed E-state index contributed by atoms with van der Waals surface area (Å²) in [5.74, 6) is -0.267. The smallest absolute Gasteiger partial charge is 0.267 e. The molecule has 0 spiro atoms. The van der Waals surface area contributed by atoms with Crippen molar-refractivity contribution >= 4 is 23.3 Å². The van der Waals surface area contributed by atoms with Crippen LogP contribution in [-0.4, -0.2) is 36.4 Å². The number of amides is 2. The van der Waals surface area contributed by atoms with Gasteiger partial charge >= 0.3 is 0 Å². The summed E-state index contributed by atoms with van der Waals surface area (Å²) in [6.07, 6.45) is 0.799. The fourth-order valence-corrected chi connectivity index (χ4v) is 1.84. The number of carbonyl (C=O) groups excluding carboxylic acids is 2. The van der Waals surface area contributed by atoms with Gasteiger partial charge in [-0.3, -0.25) is 9.59 Å². The maximum Gasteiger partial charge on any atom is 0.267 e. The maximum absolute atomic E-state index is 11.5. The number of rotatable bonds is 2. The summed E-state index contributed by atoms with van der Waals surface area (Å²) in [5.41, 5.74) is 11.6. The maximum atomic E-state index is 11.5. The van der Waals surface area contributed by atoms with E-state index in [-0.39, 0.29) is 18.1 Å². The second-order valence-corrected chi connectivity index (χ2v) is 4.10. The number of hydrogen-bond donors (Lipinski definition) is 3. The molecule has 2 rings (SSSR count). The zero-order valence-corrected chi connectivity index (χ0v) is 9.85. The van der Waals surface area contributed by atoms with Crippen LogP contribution in [0.3, 0.4) is 0 Å². The molecule has 0 saturated carbocycles. The first-order valence-corrected chi connectivity index (χ1v) is 5.66. The van der Waals surface area contributed by atoms with E-state index in [0.717, 1.165) is 6.42 Å². The van der Waals surface area contributed by atoms with E-state index in [2.05, 4.69) is 10.3 Å². The molecule has 18 heavy (non-hydrogen) atoms. The van der Waals surface area contributed by atoms with Crippen LogP contribution in [-0.2, 0) is 4.79 Å². The fourth-order valence-electron chi connectivity index (χ4n) is 1.84. The Hall–Kier alpha value is -2.31. The normalized spacial score (nSPS) is 16.0. The van der Waals surface area contributed by atoms with Crippen molar-refractivity contribution in [3.8, 4) is 0 Å². The molecule has 0 radical (unpaired) electrons. The number of anilines is 2. The van der Waals surface area contributed by atoms with E-state index in [1.54, 1.807) is 11.0 Å². The number of aromatic nitrogens is 1. The Bertz CT molecular complexity index is 488. The number of nitrogens with two attached hydrogens (primary N) is 2. The van der Waals surface area contributed by atoms with E-state index in [9.17, 15) is 9.59 Å². The average molecular weight is 249 g/mol. The fraction of sp³-hybridized carbons (Fsp3) is 0.364. The van der Waals surface area contributed by atoms with E-state index in [4.69, 9.17) is 11.5 Å². The van der Waals surface area contributed by atoms with Crippen molar-refractivity contribution in [3.05, 3.63) is 17.8 Å². The third-order valence-corrected chi connectivity index (χ3v) is 2.72. The van der Waals surface area contributed by atoms with Crippen molar-refractivity contribution in [3.63, 3.8) is 0 Å². The second-order valence-electron chi connectivity index (χ2n) is 4.10. The average Bonchev–Trinajstić information content (AvgIpc) is 2.54. The predicted octanol–water partition coefficient (Wildman–Crippen LogP) is -0.911. The lowest BCUT2D eigenvalue weighted by molar-refractivity contribution is -0.119. The van der Waals surface area contributed by atoms with Crippen LogP contribution in [0.25, 0.3) is 0 Å². The molecular weight excluding hydrogens is 234 g/mol. The molecule has 1 aromatic heterocycles. The quantitative estimate of drug-likeness (QED) is 0.627. The summed E-state index contributed by atoms with van der Waals surface area (Å²) in [7, 11) is 0. The van der Waals surface area contributed by atoms with E-state index in [0.29, 0.717) is 24.6 Å². The second kappa shape index (κ2) is 4.91. The molecule has 1 aliphatic rings. The summed E-state index contributed by atoms with van der Waals surface area (Å²) >= 11 is 0.